The van der Waals surface area contributed by atoms with Gasteiger partial charge in [-0.25, -0.2) is 4.79 Å². The number of rotatable bonds is 13. The Morgan fingerprint density at radius 3 is 2.26 bits per heavy atom. The fourth-order valence-corrected chi connectivity index (χ4v) is 1.97. The number of carbonyl (C=O) groups is 3. The molecule has 0 spiro atoms. The first-order valence-electron chi connectivity index (χ1n) is 7.88. The lowest BCUT2D eigenvalue weighted by Gasteiger charge is -2.21. The van der Waals surface area contributed by atoms with Crippen molar-refractivity contribution in [1.82, 2.24) is 10.2 Å². The maximum absolute atomic E-state index is 11.8. The molecule has 134 valence electrons. The maximum atomic E-state index is 11.8. The molecule has 9 heteroatoms. The molecular weight excluding hydrogens is 302 g/mol. The van der Waals surface area contributed by atoms with Crippen LogP contribution in [0.15, 0.2) is 0 Å². The third-order valence-corrected chi connectivity index (χ3v) is 3.16. The Labute approximate surface area is 136 Å². The van der Waals surface area contributed by atoms with E-state index in [4.69, 9.17) is 17.2 Å². The molecule has 0 aromatic rings. The van der Waals surface area contributed by atoms with Gasteiger partial charge in [-0.05, 0) is 19.4 Å². The van der Waals surface area contributed by atoms with Gasteiger partial charge in [-0.2, -0.15) is 0 Å². The summed E-state index contributed by atoms with van der Waals surface area (Å²) in [4.78, 5) is 35.3. The van der Waals surface area contributed by atoms with Gasteiger partial charge in [0.05, 0.1) is 19.6 Å². The minimum atomic E-state index is -0.895. The third kappa shape index (κ3) is 12.4. The van der Waals surface area contributed by atoms with Crippen LogP contribution in [0.25, 0.3) is 0 Å². The van der Waals surface area contributed by atoms with Gasteiger partial charge in [0.1, 0.15) is 6.61 Å². The lowest BCUT2D eigenvalue weighted by molar-refractivity contribution is -0.135. The van der Waals surface area contributed by atoms with Gasteiger partial charge in [-0.3, -0.25) is 9.59 Å². The van der Waals surface area contributed by atoms with E-state index in [0.717, 1.165) is 32.1 Å². The van der Waals surface area contributed by atoms with Gasteiger partial charge in [0.25, 0.3) is 0 Å². The first kappa shape index (κ1) is 21.1. The topological polar surface area (TPSA) is 154 Å². The van der Waals surface area contributed by atoms with Crippen LogP contribution in [0.2, 0.25) is 0 Å². The van der Waals surface area contributed by atoms with Crippen molar-refractivity contribution in [3.05, 3.63) is 0 Å². The molecule has 0 atom stereocenters. The Morgan fingerprint density at radius 1 is 1.00 bits per heavy atom. The van der Waals surface area contributed by atoms with Gasteiger partial charge in [-0.1, -0.05) is 19.3 Å². The first-order valence-corrected chi connectivity index (χ1v) is 7.88. The van der Waals surface area contributed by atoms with Crippen LogP contribution in [0, 0.1) is 0 Å². The van der Waals surface area contributed by atoms with Crippen molar-refractivity contribution in [2.75, 3.05) is 39.3 Å². The molecule has 0 aromatic heterocycles. The standard InChI is InChI=1S/C14H29N5O4/c15-6-4-2-1-3-5-8-19(13(21)10-16)11-12(20)18-7-9-23-14(17)22/h1-11,15-16H2,(H2,17,22)(H,18,20). The Kier molecular flexibility index (Phi) is 12.7. The van der Waals surface area contributed by atoms with Crippen molar-refractivity contribution in [3.63, 3.8) is 0 Å². The zero-order chi connectivity index (χ0) is 17.5. The minimum absolute atomic E-state index is 0.00689. The van der Waals surface area contributed by atoms with Crippen LogP contribution < -0.4 is 22.5 Å². The molecule has 0 aromatic carbocycles. The largest absolute Gasteiger partial charge is 0.448 e. The second-order valence-corrected chi connectivity index (χ2v) is 5.09. The first-order chi connectivity index (χ1) is 11.0. The molecule has 0 aliphatic rings. The van der Waals surface area contributed by atoms with Crippen LogP contribution in [0.5, 0.6) is 0 Å². The molecule has 7 N–H and O–H groups in total. The normalized spacial score (nSPS) is 10.2. The van der Waals surface area contributed by atoms with Crippen LogP contribution in [0.4, 0.5) is 4.79 Å². The van der Waals surface area contributed by atoms with Gasteiger partial charge in [0, 0.05) is 6.54 Å². The second-order valence-electron chi connectivity index (χ2n) is 5.09. The Morgan fingerprint density at radius 2 is 1.65 bits per heavy atom. The van der Waals surface area contributed by atoms with Crippen LogP contribution in [-0.4, -0.2) is 62.1 Å². The number of nitrogens with zero attached hydrogens (tertiary/aromatic N) is 1. The fourth-order valence-electron chi connectivity index (χ4n) is 1.97. The number of hydrogen-bond donors (Lipinski definition) is 4. The highest BCUT2D eigenvalue weighted by Crippen LogP contribution is 2.04. The van der Waals surface area contributed by atoms with Crippen LogP contribution in [-0.2, 0) is 14.3 Å². The number of nitrogens with two attached hydrogens (primary N) is 3. The summed E-state index contributed by atoms with van der Waals surface area (Å²) in [6.07, 6.45) is 4.02. The predicted molar refractivity (Wildman–Crippen MR) is 86.3 cm³/mol. The summed E-state index contributed by atoms with van der Waals surface area (Å²) >= 11 is 0. The van der Waals surface area contributed by atoms with E-state index in [-0.39, 0.29) is 38.1 Å². The van der Waals surface area contributed by atoms with E-state index in [1.807, 2.05) is 0 Å². The fraction of sp³-hybridized carbons (Fsp3) is 0.786. The predicted octanol–water partition coefficient (Wildman–Crippen LogP) is -1.11. The molecule has 0 fully saturated rings. The summed E-state index contributed by atoms with van der Waals surface area (Å²) in [6.45, 7) is 1.13. The maximum Gasteiger partial charge on any atom is 0.404 e. The average molecular weight is 331 g/mol. The molecule has 0 bridgehead atoms. The van der Waals surface area contributed by atoms with E-state index < -0.39 is 6.09 Å². The van der Waals surface area contributed by atoms with Crippen molar-refractivity contribution in [3.8, 4) is 0 Å². The molecule has 23 heavy (non-hydrogen) atoms. The number of nitrogens with one attached hydrogen (secondary N) is 1. The highest BCUT2D eigenvalue weighted by molar-refractivity contribution is 5.85. The summed E-state index contributed by atoms with van der Waals surface area (Å²) in [5, 5.41) is 2.55. The lowest BCUT2D eigenvalue weighted by atomic mass is 10.1. The average Bonchev–Trinajstić information content (AvgIpc) is 2.52. The van der Waals surface area contributed by atoms with Gasteiger partial charge in [-0.15, -0.1) is 0 Å². The zero-order valence-corrected chi connectivity index (χ0v) is 13.6. The molecule has 0 heterocycles. The molecule has 3 amide bonds. The van der Waals surface area contributed by atoms with Gasteiger partial charge in [0.15, 0.2) is 0 Å². The number of primary amides is 1. The van der Waals surface area contributed by atoms with Crippen LogP contribution in [0.1, 0.15) is 32.1 Å². The van der Waals surface area contributed by atoms with E-state index in [9.17, 15) is 14.4 Å². The van der Waals surface area contributed by atoms with E-state index in [1.54, 1.807) is 0 Å². The van der Waals surface area contributed by atoms with E-state index in [2.05, 4.69) is 10.1 Å². The molecule has 0 aliphatic carbocycles. The second kappa shape index (κ2) is 13.8. The van der Waals surface area contributed by atoms with Gasteiger partial charge in [0.2, 0.25) is 11.8 Å². The highest BCUT2D eigenvalue weighted by Gasteiger charge is 2.15. The van der Waals surface area contributed by atoms with E-state index in [0.29, 0.717) is 13.1 Å². The molecule has 0 aliphatic heterocycles. The molecular formula is C14H29N5O4. The molecule has 9 nitrogen and oxygen atoms in total. The molecule has 0 saturated heterocycles. The number of ether oxygens (including phenoxy) is 1. The highest BCUT2D eigenvalue weighted by atomic mass is 16.5. The molecule has 0 radical (unpaired) electrons. The smallest absolute Gasteiger partial charge is 0.404 e. The van der Waals surface area contributed by atoms with E-state index in [1.165, 1.54) is 4.90 Å². The monoisotopic (exact) mass is 331 g/mol. The van der Waals surface area contributed by atoms with Gasteiger partial charge >= 0.3 is 6.09 Å². The summed E-state index contributed by atoms with van der Waals surface area (Å²) in [7, 11) is 0. The minimum Gasteiger partial charge on any atom is -0.448 e. The van der Waals surface area contributed by atoms with E-state index >= 15 is 0 Å². The number of carbonyl (C=O) groups excluding carboxylic acids is 3. The van der Waals surface area contributed by atoms with Crippen molar-refractivity contribution in [2.45, 2.75) is 32.1 Å². The third-order valence-electron chi connectivity index (χ3n) is 3.16. The zero-order valence-electron chi connectivity index (χ0n) is 13.6. The Bertz CT molecular complexity index is 365. The number of unbranched alkanes of at least 4 members (excludes halogenated alkanes) is 4. The number of hydrogen-bond acceptors (Lipinski definition) is 6. The molecule has 0 rings (SSSR count). The Hall–Kier alpha value is -1.87. The molecule has 0 saturated carbocycles. The number of amides is 3. The van der Waals surface area contributed by atoms with Crippen LogP contribution in [0.3, 0.4) is 0 Å². The summed E-state index contributed by atoms with van der Waals surface area (Å²) < 4.78 is 4.49. The van der Waals surface area contributed by atoms with Crippen molar-refractivity contribution in [1.29, 1.82) is 0 Å². The summed E-state index contributed by atoms with van der Waals surface area (Å²) in [6, 6.07) is 0. The SMILES string of the molecule is NCCCCCCCN(CC(=O)NCCOC(N)=O)C(=O)CN. The Balaban J connectivity index is 4.01. The summed E-state index contributed by atoms with van der Waals surface area (Å²) in [5.41, 5.74) is 15.6. The van der Waals surface area contributed by atoms with Crippen LogP contribution >= 0.6 is 0 Å². The molecule has 0 unspecified atom stereocenters. The van der Waals surface area contributed by atoms with Crippen molar-refractivity contribution in [2.24, 2.45) is 17.2 Å². The lowest BCUT2D eigenvalue weighted by Crippen LogP contribution is -2.44. The van der Waals surface area contributed by atoms with Crippen molar-refractivity contribution >= 4 is 17.9 Å². The summed E-state index contributed by atoms with van der Waals surface area (Å²) in [5.74, 6) is -0.599. The van der Waals surface area contributed by atoms with Gasteiger partial charge < -0.3 is 32.2 Å². The quantitative estimate of drug-likeness (QED) is 0.314. The van der Waals surface area contributed by atoms with Crippen molar-refractivity contribution < 1.29 is 19.1 Å².